The molecule has 0 spiro atoms. The molecule has 2 aromatic heterocycles. The van der Waals surface area contributed by atoms with Crippen molar-refractivity contribution in [3.05, 3.63) is 17.3 Å². The van der Waals surface area contributed by atoms with E-state index >= 15 is 0 Å². The lowest BCUT2D eigenvalue weighted by Gasteiger charge is -2.29. The molecule has 6 nitrogen and oxygen atoms in total. The van der Waals surface area contributed by atoms with Gasteiger partial charge in [-0.3, -0.25) is 4.40 Å². The molecule has 0 aromatic carbocycles. The molecule has 21 heavy (non-hydrogen) atoms. The Kier molecular flexibility index (Phi) is 5.98. The standard InChI is InChI=1S/C14H24N4O2S/c1-11(10-20-4)17(5-7-19-3)13-12(9-15-2)18-6-8-21-14(18)16-13/h6,8,11,15H,5,7,9-10H2,1-4H3. The number of nitrogens with zero attached hydrogens (tertiary/aromatic N) is 3. The number of thiazole rings is 1. The zero-order valence-electron chi connectivity index (χ0n) is 13.1. The van der Waals surface area contributed by atoms with Crippen LogP contribution in [0.4, 0.5) is 5.82 Å². The highest BCUT2D eigenvalue weighted by Gasteiger charge is 2.22. The maximum Gasteiger partial charge on any atom is 0.195 e. The number of anilines is 1. The molecule has 2 heterocycles. The van der Waals surface area contributed by atoms with Gasteiger partial charge in [-0.25, -0.2) is 4.98 Å². The molecule has 0 aliphatic rings. The fourth-order valence-corrected chi connectivity index (χ4v) is 3.17. The SMILES string of the molecule is CNCc1c(N(CCOC)C(C)COC)nc2sccn12. The van der Waals surface area contributed by atoms with Gasteiger partial charge in [0.2, 0.25) is 0 Å². The number of aromatic nitrogens is 2. The summed E-state index contributed by atoms with van der Waals surface area (Å²) in [4.78, 5) is 8.08. The fourth-order valence-electron chi connectivity index (χ4n) is 2.44. The van der Waals surface area contributed by atoms with Gasteiger partial charge in [0.25, 0.3) is 0 Å². The maximum atomic E-state index is 5.31. The van der Waals surface area contributed by atoms with Crippen molar-refractivity contribution in [3.63, 3.8) is 0 Å². The molecular weight excluding hydrogens is 288 g/mol. The molecule has 2 aromatic rings. The van der Waals surface area contributed by atoms with Crippen LogP contribution in [0.5, 0.6) is 0 Å². The lowest BCUT2D eigenvalue weighted by atomic mass is 10.2. The van der Waals surface area contributed by atoms with E-state index in [0.717, 1.165) is 23.9 Å². The smallest absolute Gasteiger partial charge is 0.195 e. The molecule has 0 saturated carbocycles. The minimum Gasteiger partial charge on any atom is -0.383 e. The fraction of sp³-hybridized carbons (Fsp3) is 0.643. The van der Waals surface area contributed by atoms with E-state index in [1.807, 2.05) is 7.05 Å². The van der Waals surface area contributed by atoms with E-state index in [-0.39, 0.29) is 6.04 Å². The van der Waals surface area contributed by atoms with E-state index in [9.17, 15) is 0 Å². The Balaban J connectivity index is 2.37. The molecule has 7 heteroatoms. The zero-order valence-corrected chi connectivity index (χ0v) is 13.9. The molecule has 0 aliphatic carbocycles. The molecule has 0 aliphatic heterocycles. The van der Waals surface area contributed by atoms with Crippen molar-refractivity contribution in [1.82, 2.24) is 14.7 Å². The lowest BCUT2D eigenvalue weighted by molar-refractivity contribution is 0.170. The number of ether oxygens (including phenoxy) is 2. The van der Waals surface area contributed by atoms with E-state index in [0.29, 0.717) is 13.2 Å². The second kappa shape index (κ2) is 7.74. The highest BCUT2D eigenvalue weighted by Crippen LogP contribution is 2.26. The third kappa shape index (κ3) is 3.55. The second-order valence-electron chi connectivity index (χ2n) is 4.96. The normalized spacial score (nSPS) is 13.0. The predicted octanol–water partition coefficient (Wildman–Crippen LogP) is 1.60. The van der Waals surface area contributed by atoms with Gasteiger partial charge in [-0.05, 0) is 14.0 Å². The summed E-state index contributed by atoms with van der Waals surface area (Å²) in [5.74, 6) is 1.01. The summed E-state index contributed by atoms with van der Waals surface area (Å²) in [7, 11) is 5.40. The molecule has 1 N–H and O–H groups in total. The Hall–Kier alpha value is -1.15. The average Bonchev–Trinajstić information content (AvgIpc) is 3.03. The molecule has 1 atom stereocenters. The Morgan fingerprint density at radius 3 is 2.90 bits per heavy atom. The maximum absolute atomic E-state index is 5.31. The van der Waals surface area contributed by atoms with Gasteiger partial charge in [0.1, 0.15) is 0 Å². The van der Waals surface area contributed by atoms with Crippen LogP contribution < -0.4 is 10.2 Å². The Morgan fingerprint density at radius 1 is 1.43 bits per heavy atom. The Labute approximate surface area is 129 Å². The van der Waals surface area contributed by atoms with E-state index < -0.39 is 0 Å². The number of nitrogens with one attached hydrogen (secondary N) is 1. The highest BCUT2D eigenvalue weighted by molar-refractivity contribution is 7.15. The Bertz CT molecular complexity index is 554. The molecule has 1 unspecified atom stereocenters. The van der Waals surface area contributed by atoms with E-state index in [1.165, 1.54) is 5.69 Å². The van der Waals surface area contributed by atoms with Crippen LogP contribution in [0.15, 0.2) is 11.6 Å². The van der Waals surface area contributed by atoms with E-state index in [2.05, 4.69) is 33.1 Å². The number of hydrogen-bond donors (Lipinski definition) is 1. The minimum atomic E-state index is 0.241. The summed E-state index contributed by atoms with van der Waals surface area (Å²) in [5.41, 5.74) is 1.17. The van der Waals surface area contributed by atoms with Crippen LogP contribution in [-0.4, -0.2) is 56.5 Å². The third-order valence-corrected chi connectivity index (χ3v) is 4.19. The third-order valence-electron chi connectivity index (χ3n) is 3.43. The largest absolute Gasteiger partial charge is 0.383 e. The molecule has 0 radical (unpaired) electrons. The highest BCUT2D eigenvalue weighted by atomic mass is 32.1. The first kappa shape index (κ1) is 16.2. The molecule has 0 bridgehead atoms. The lowest BCUT2D eigenvalue weighted by Crippen LogP contribution is -2.39. The van der Waals surface area contributed by atoms with Gasteiger partial charge in [0.15, 0.2) is 10.8 Å². The summed E-state index contributed by atoms with van der Waals surface area (Å²) in [6.07, 6.45) is 2.07. The van der Waals surface area contributed by atoms with Gasteiger partial charge in [0.05, 0.1) is 24.9 Å². The van der Waals surface area contributed by atoms with Crippen molar-refractivity contribution in [2.75, 3.05) is 45.9 Å². The van der Waals surface area contributed by atoms with Crippen LogP contribution in [0.3, 0.4) is 0 Å². The van der Waals surface area contributed by atoms with Gasteiger partial charge in [-0.1, -0.05) is 0 Å². The number of imidazole rings is 1. The molecule has 2 rings (SSSR count). The van der Waals surface area contributed by atoms with Crippen molar-refractivity contribution in [1.29, 1.82) is 0 Å². The van der Waals surface area contributed by atoms with Gasteiger partial charge < -0.3 is 19.7 Å². The number of methoxy groups -OCH3 is 2. The number of rotatable bonds is 9. The molecule has 0 amide bonds. The number of hydrogen-bond acceptors (Lipinski definition) is 6. The molecular formula is C14H24N4O2S. The van der Waals surface area contributed by atoms with Gasteiger partial charge >= 0.3 is 0 Å². The van der Waals surface area contributed by atoms with Crippen LogP contribution >= 0.6 is 11.3 Å². The summed E-state index contributed by atoms with van der Waals surface area (Å²) < 4.78 is 12.7. The first-order valence-corrected chi connectivity index (χ1v) is 7.94. The quantitative estimate of drug-likeness (QED) is 0.762. The summed E-state index contributed by atoms with van der Waals surface area (Å²) in [6, 6.07) is 0.241. The van der Waals surface area contributed by atoms with Crippen molar-refractivity contribution in [2.45, 2.75) is 19.5 Å². The van der Waals surface area contributed by atoms with Crippen molar-refractivity contribution in [3.8, 4) is 0 Å². The summed E-state index contributed by atoms with van der Waals surface area (Å²) >= 11 is 1.65. The van der Waals surface area contributed by atoms with E-state index in [1.54, 1.807) is 25.6 Å². The average molecular weight is 312 g/mol. The first-order chi connectivity index (χ1) is 10.2. The van der Waals surface area contributed by atoms with Gasteiger partial charge in [-0.15, -0.1) is 11.3 Å². The van der Waals surface area contributed by atoms with Crippen molar-refractivity contribution >= 4 is 22.1 Å². The van der Waals surface area contributed by atoms with Crippen molar-refractivity contribution < 1.29 is 9.47 Å². The predicted molar refractivity (Wildman–Crippen MR) is 86.4 cm³/mol. The zero-order chi connectivity index (χ0) is 15.2. The summed E-state index contributed by atoms with van der Waals surface area (Å²) in [5, 5.41) is 5.29. The molecule has 0 saturated heterocycles. The van der Waals surface area contributed by atoms with Crippen LogP contribution in [0.2, 0.25) is 0 Å². The monoisotopic (exact) mass is 312 g/mol. The second-order valence-corrected chi connectivity index (χ2v) is 5.83. The molecule has 118 valence electrons. The topological polar surface area (TPSA) is 51.0 Å². The van der Waals surface area contributed by atoms with Crippen LogP contribution in [0.25, 0.3) is 4.96 Å². The van der Waals surface area contributed by atoms with E-state index in [4.69, 9.17) is 14.5 Å². The van der Waals surface area contributed by atoms with Gasteiger partial charge in [-0.2, -0.15) is 0 Å². The minimum absolute atomic E-state index is 0.241. The van der Waals surface area contributed by atoms with Crippen LogP contribution in [0, 0.1) is 0 Å². The number of fused-ring (bicyclic) bond motifs is 1. The van der Waals surface area contributed by atoms with Crippen LogP contribution in [-0.2, 0) is 16.0 Å². The van der Waals surface area contributed by atoms with Crippen molar-refractivity contribution in [2.24, 2.45) is 0 Å². The molecule has 0 fully saturated rings. The van der Waals surface area contributed by atoms with Gasteiger partial charge in [0, 0.05) is 38.9 Å². The first-order valence-electron chi connectivity index (χ1n) is 7.06. The Morgan fingerprint density at radius 2 is 2.24 bits per heavy atom. The van der Waals surface area contributed by atoms with Crippen LogP contribution in [0.1, 0.15) is 12.6 Å². The summed E-state index contributed by atoms with van der Waals surface area (Å²) in [6.45, 7) is 5.04.